The second-order valence-corrected chi connectivity index (χ2v) is 5.55. The zero-order valence-electron chi connectivity index (χ0n) is 12.8. The Labute approximate surface area is 134 Å². The molecule has 1 heterocycles. The van der Waals surface area contributed by atoms with Crippen molar-refractivity contribution in [1.29, 1.82) is 0 Å². The van der Waals surface area contributed by atoms with Gasteiger partial charge in [-0.3, -0.25) is 4.90 Å². The maximum Gasteiger partial charge on any atom is 0.258 e. The average molecular weight is 318 g/mol. The number of nitrogens with one attached hydrogen (secondary N) is 1. The summed E-state index contributed by atoms with van der Waals surface area (Å²) in [6.45, 7) is 2.77. The first-order valence-electron chi connectivity index (χ1n) is 7.80. The molecule has 0 radical (unpaired) electrons. The molecule has 2 aromatic carbocycles. The highest BCUT2D eigenvalue weighted by Gasteiger charge is 2.29. The standard InChI is InChI=1S/C18H20F2N2O/c19-18(20)17(22-12-10-21-11-13-22)14-6-8-16(9-7-14)23-15-4-2-1-3-5-15/h1-9,17-18,21H,10-13H2/t17-/m0/s1. The normalized spacial score (nSPS) is 17.2. The lowest BCUT2D eigenvalue weighted by Gasteiger charge is -2.34. The van der Waals surface area contributed by atoms with Gasteiger partial charge in [-0.25, -0.2) is 8.78 Å². The summed E-state index contributed by atoms with van der Waals surface area (Å²) in [4.78, 5) is 1.84. The van der Waals surface area contributed by atoms with Gasteiger partial charge in [-0.1, -0.05) is 30.3 Å². The Morgan fingerprint density at radius 1 is 0.870 bits per heavy atom. The molecule has 23 heavy (non-hydrogen) atoms. The molecule has 1 aliphatic rings. The van der Waals surface area contributed by atoms with Gasteiger partial charge in [-0.15, -0.1) is 0 Å². The molecule has 0 aromatic heterocycles. The van der Waals surface area contributed by atoms with Crippen LogP contribution in [0, 0.1) is 0 Å². The molecule has 1 N–H and O–H groups in total. The molecule has 1 fully saturated rings. The fourth-order valence-electron chi connectivity index (χ4n) is 2.83. The first-order valence-corrected chi connectivity index (χ1v) is 7.80. The molecular weight excluding hydrogens is 298 g/mol. The van der Waals surface area contributed by atoms with Crippen LogP contribution >= 0.6 is 0 Å². The number of piperazine rings is 1. The Bertz CT molecular complexity index is 598. The van der Waals surface area contributed by atoms with Gasteiger partial charge in [0.15, 0.2) is 0 Å². The molecule has 0 amide bonds. The van der Waals surface area contributed by atoms with Gasteiger partial charge in [0, 0.05) is 26.2 Å². The van der Waals surface area contributed by atoms with E-state index in [0.717, 1.165) is 18.8 Å². The minimum absolute atomic E-state index is 0.627. The third-order valence-corrected chi connectivity index (χ3v) is 3.98. The molecule has 3 nitrogen and oxygen atoms in total. The molecule has 122 valence electrons. The molecule has 5 heteroatoms. The van der Waals surface area contributed by atoms with E-state index in [-0.39, 0.29) is 0 Å². The summed E-state index contributed by atoms with van der Waals surface area (Å²) in [6.07, 6.45) is -2.41. The minimum Gasteiger partial charge on any atom is -0.457 e. The highest BCUT2D eigenvalue weighted by atomic mass is 19.3. The van der Waals surface area contributed by atoms with Crippen LogP contribution < -0.4 is 10.1 Å². The zero-order chi connectivity index (χ0) is 16.1. The van der Waals surface area contributed by atoms with Gasteiger partial charge in [-0.05, 0) is 29.8 Å². The van der Waals surface area contributed by atoms with Gasteiger partial charge < -0.3 is 10.1 Å². The summed E-state index contributed by atoms with van der Waals surface area (Å²) in [5.74, 6) is 1.38. The molecule has 0 unspecified atom stereocenters. The van der Waals surface area contributed by atoms with Gasteiger partial charge in [0.05, 0.1) is 6.04 Å². The molecule has 1 atom stereocenters. The van der Waals surface area contributed by atoms with E-state index in [1.165, 1.54) is 0 Å². The van der Waals surface area contributed by atoms with Crippen LogP contribution in [0.4, 0.5) is 8.78 Å². The maximum absolute atomic E-state index is 13.5. The number of nitrogens with zero attached hydrogens (tertiary/aromatic N) is 1. The smallest absolute Gasteiger partial charge is 0.258 e. The molecule has 0 saturated carbocycles. The van der Waals surface area contributed by atoms with Crippen molar-refractivity contribution < 1.29 is 13.5 Å². The summed E-state index contributed by atoms with van der Waals surface area (Å²) in [6, 6.07) is 15.5. The molecule has 3 rings (SSSR count). The summed E-state index contributed by atoms with van der Waals surface area (Å²) in [5, 5.41) is 3.19. The number of ether oxygens (including phenoxy) is 1. The summed E-state index contributed by atoms with van der Waals surface area (Å²) >= 11 is 0. The molecular formula is C18H20F2N2O. The molecule has 1 aliphatic heterocycles. The molecule has 1 saturated heterocycles. The fraction of sp³-hybridized carbons (Fsp3) is 0.333. The first-order chi connectivity index (χ1) is 11.2. The van der Waals surface area contributed by atoms with Crippen molar-refractivity contribution in [3.63, 3.8) is 0 Å². The van der Waals surface area contributed by atoms with Crippen molar-refractivity contribution in [3.05, 3.63) is 60.2 Å². The Morgan fingerprint density at radius 2 is 1.48 bits per heavy atom. The van der Waals surface area contributed by atoms with Crippen LogP contribution in [0.2, 0.25) is 0 Å². The molecule has 2 aromatic rings. The number of hydrogen-bond acceptors (Lipinski definition) is 3. The highest BCUT2D eigenvalue weighted by molar-refractivity contribution is 5.34. The minimum atomic E-state index is -2.41. The van der Waals surface area contributed by atoms with Gasteiger partial charge in [-0.2, -0.15) is 0 Å². The van der Waals surface area contributed by atoms with Crippen LogP contribution in [0.5, 0.6) is 11.5 Å². The second kappa shape index (κ2) is 7.53. The van der Waals surface area contributed by atoms with Gasteiger partial charge in [0.1, 0.15) is 11.5 Å². The number of hydrogen-bond donors (Lipinski definition) is 1. The van der Waals surface area contributed by atoms with E-state index in [1.54, 1.807) is 24.3 Å². The molecule has 0 spiro atoms. The van der Waals surface area contributed by atoms with Crippen molar-refractivity contribution in [1.82, 2.24) is 10.2 Å². The van der Waals surface area contributed by atoms with Crippen LogP contribution in [-0.2, 0) is 0 Å². The van der Waals surface area contributed by atoms with E-state index in [2.05, 4.69) is 5.32 Å². The lowest BCUT2D eigenvalue weighted by Crippen LogP contribution is -2.46. The van der Waals surface area contributed by atoms with E-state index in [9.17, 15) is 8.78 Å². The first kappa shape index (κ1) is 15.9. The molecule has 0 aliphatic carbocycles. The molecule has 0 bridgehead atoms. The number of halogens is 2. The van der Waals surface area contributed by atoms with Crippen molar-refractivity contribution in [2.75, 3.05) is 26.2 Å². The number of para-hydroxylation sites is 1. The highest BCUT2D eigenvalue weighted by Crippen LogP contribution is 2.30. The van der Waals surface area contributed by atoms with E-state index in [4.69, 9.17) is 4.74 Å². The Kier molecular flexibility index (Phi) is 5.20. The lowest BCUT2D eigenvalue weighted by atomic mass is 10.0. The van der Waals surface area contributed by atoms with Crippen LogP contribution in [0.1, 0.15) is 11.6 Å². The van der Waals surface area contributed by atoms with Crippen LogP contribution in [-0.4, -0.2) is 37.5 Å². The van der Waals surface area contributed by atoms with Gasteiger partial charge in [0.2, 0.25) is 0 Å². The third kappa shape index (κ3) is 4.06. The van der Waals surface area contributed by atoms with E-state index < -0.39 is 12.5 Å². The number of alkyl halides is 2. The van der Waals surface area contributed by atoms with E-state index in [1.807, 2.05) is 35.2 Å². The van der Waals surface area contributed by atoms with E-state index >= 15 is 0 Å². The number of rotatable bonds is 5. The Hall–Kier alpha value is -1.98. The fourth-order valence-corrected chi connectivity index (χ4v) is 2.83. The number of benzene rings is 2. The largest absolute Gasteiger partial charge is 0.457 e. The lowest BCUT2D eigenvalue weighted by molar-refractivity contribution is 0.0181. The predicted octanol–water partition coefficient (Wildman–Crippen LogP) is 3.69. The topological polar surface area (TPSA) is 24.5 Å². The third-order valence-electron chi connectivity index (χ3n) is 3.98. The van der Waals surface area contributed by atoms with Gasteiger partial charge in [0.25, 0.3) is 6.43 Å². The summed E-state index contributed by atoms with van der Waals surface area (Å²) in [5.41, 5.74) is 0.627. The maximum atomic E-state index is 13.5. The van der Waals surface area contributed by atoms with Crippen molar-refractivity contribution >= 4 is 0 Å². The monoisotopic (exact) mass is 318 g/mol. The Morgan fingerprint density at radius 3 is 2.09 bits per heavy atom. The van der Waals surface area contributed by atoms with E-state index in [0.29, 0.717) is 24.4 Å². The summed E-state index contributed by atoms with van der Waals surface area (Å²) in [7, 11) is 0. The van der Waals surface area contributed by atoms with Crippen LogP contribution in [0.15, 0.2) is 54.6 Å². The zero-order valence-corrected chi connectivity index (χ0v) is 12.8. The summed E-state index contributed by atoms with van der Waals surface area (Å²) < 4.78 is 32.8. The van der Waals surface area contributed by atoms with Crippen molar-refractivity contribution in [2.24, 2.45) is 0 Å². The van der Waals surface area contributed by atoms with Crippen LogP contribution in [0.25, 0.3) is 0 Å². The van der Waals surface area contributed by atoms with Crippen molar-refractivity contribution in [3.8, 4) is 11.5 Å². The van der Waals surface area contributed by atoms with Gasteiger partial charge >= 0.3 is 0 Å². The predicted molar refractivity (Wildman–Crippen MR) is 86.1 cm³/mol. The second-order valence-electron chi connectivity index (χ2n) is 5.55. The Balaban J connectivity index is 1.73. The van der Waals surface area contributed by atoms with Crippen LogP contribution in [0.3, 0.4) is 0 Å². The SMILES string of the molecule is FC(F)[C@H](c1ccc(Oc2ccccc2)cc1)N1CCNCC1. The van der Waals surface area contributed by atoms with Crippen molar-refractivity contribution in [2.45, 2.75) is 12.5 Å². The average Bonchev–Trinajstić information content (AvgIpc) is 2.58. The quantitative estimate of drug-likeness (QED) is 0.910.